The van der Waals surface area contributed by atoms with E-state index >= 15 is 0 Å². The molecule has 0 aliphatic heterocycles. The van der Waals surface area contributed by atoms with Gasteiger partial charge in [-0.15, -0.1) is 0 Å². The van der Waals surface area contributed by atoms with Gasteiger partial charge in [0.05, 0.1) is 6.26 Å². The SMILES string of the molecule is Cc1cc(NC(=O)CCN(C(C)C)S(C)(=O)=O)no1. The third kappa shape index (κ3) is 4.99. The van der Waals surface area contributed by atoms with Crippen LogP contribution in [0, 0.1) is 6.92 Å². The number of hydrogen-bond acceptors (Lipinski definition) is 5. The van der Waals surface area contributed by atoms with E-state index in [1.54, 1.807) is 26.8 Å². The maximum atomic E-state index is 11.7. The van der Waals surface area contributed by atoms with Crippen LogP contribution in [0.4, 0.5) is 5.82 Å². The van der Waals surface area contributed by atoms with E-state index < -0.39 is 10.0 Å². The number of nitrogens with one attached hydrogen (secondary N) is 1. The Morgan fingerprint density at radius 2 is 2.16 bits per heavy atom. The van der Waals surface area contributed by atoms with Crippen molar-refractivity contribution < 1.29 is 17.7 Å². The van der Waals surface area contributed by atoms with Crippen LogP contribution in [0.15, 0.2) is 10.6 Å². The van der Waals surface area contributed by atoms with E-state index in [-0.39, 0.29) is 24.9 Å². The normalized spacial score (nSPS) is 12.1. The molecule has 1 rings (SSSR count). The molecule has 0 radical (unpaired) electrons. The van der Waals surface area contributed by atoms with Crippen molar-refractivity contribution in [3.05, 3.63) is 11.8 Å². The lowest BCUT2D eigenvalue weighted by Crippen LogP contribution is -2.38. The minimum Gasteiger partial charge on any atom is -0.360 e. The highest BCUT2D eigenvalue weighted by Gasteiger charge is 2.21. The summed E-state index contributed by atoms with van der Waals surface area (Å²) in [5.41, 5.74) is 0. The number of nitrogens with zero attached hydrogens (tertiary/aromatic N) is 2. The molecule has 0 aliphatic carbocycles. The maximum Gasteiger partial charge on any atom is 0.226 e. The van der Waals surface area contributed by atoms with Gasteiger partial charge in [0.15, 0.2) is 5.82 Å². The highest BCUT2D eigenvalue weighted by atomic mass is 32.2. The summed E-state index contributed by atoms with van der Waals surface area (Å²) in [7, 11) is -3.31. The number of hydrogen-bond donors (Lipinski definition) is 1. The molecule has 0 saturated heterocycles. The molecule has 0 atom stereocenters. The van der Waals surface area contributed by atoms with Crippen molar-refractivity contribution in [3.63, 3.8) is 0 Å². The highest BCUT2D eigenvalue weighted by Crippen LogP contribution is 2.09. The van der Waals surface area contributed by atoms with Gasteiger partial charge in [-0.05, 0) is 20.8 Å². The van der Waals surface area contributed by atoms with Crippen LogP contribution in [-0.4, -0.2) is 42.6 Å². The van der Waals surface area contributed by atoms with Crippen molar-refractivity contribution in [2.75, 3.05) is 18.1 Å². The van der Waals surface area contributed by atoms with E-state index in [0.717, 1.165) is 6.26 Å². The summed E-state index contributed by atoms with van der Waals surface area (Å²) in [4.78, 5) is 11.7. The number of carbonyl (C=O) groups excluding carboxylic acids is 1. The van der Waals surface area contributed by atoms with Crippen molar-refractivity contribution in [2.24, 2.45) is 0 Å². The van der Waals surface area contributed by atoms with Gasteiger partial charge in [-0.3, -0.25) is 4.79 Å². The average molecular weight is 289 g/mol. The zero-order valence-electron chi connectivity index (χ0n) is 11.5. The van der Waals surface area contributed by atoms with Crippen molar-refractivity contribution in [1.29, 1.82) is 0 Å². The van der Waals surface area contributed by atoms with E-state index in [9.17, 15) is 13.2 Å². The molecule has 1 aromatic heterocycles. The lowest BCUT2D eigenvalue weighted by Gasteiger charge is -2.23. The molecule has 1 heterocycles. The molecule has 1 amide bonds. The molecular weight excluding hydrogens is 270 g/mol. The van der Waals surface area contributed by atoms with Crippen LogP contribution in [0.5, 0.6) is 0 Å². The number of aromatic nitrogens is 1. The fourth-order valence-corrected chi connectivity index (χ4v) is 2.84. The summed E-state index contributed by atoms with van der Waals surface area (Å²) in [6.45, 7) is 5.38. The second-order valence-corrected chi connectivity index (χ2v) is 6.52. The molecule has 0 aromatic carbocycles. The van der Waals surface area contributed by atoms with Crippen molar-refractivity contribution in [3.8, 4) is 0 Å². The van der Waals surface area contributed by atoms with E-state index in [4.69, 9.17) is 4.52 Å². The number of anilines is 1. The Morgan fingerprint density at radius 1 is 1.53 bits per heavy atom. The van der Waals surface area contributed by atoms with Crippen LogP contribution in [0.25, 0.3) is 0 Å². The Hall–Kier alpha value is -1.41. The summed E-state index contributed by atoms with van der Waals surface area (Å²) in [5, 5.41) is 6.17. The molecule has 0 spiro atoms. The molecule has 1 aromatic rings. The molecule has 1 N–H and O–H groups in total. The Kier molecular flexibility index (Phi) is 5.07. The molecule has 0 bridgehead atoms. The van der Waals surface area contributed by atoms with E-state index in [1.807, 2.05) is 0 Å². The standard InChI is InChI=1S/C11H19N3O4S/c1-8(2)14(19(4,16)17)6-5-11(15)12-10-7-9(3)18-13-10/h7-8H,5-6H2,1-4H3,(H,12,13,15). The minimum absolute atomic E-state index is 0.0666. The largest absolute Gasteiger partial charge is 0.360 e. The Bertz CT molecular complexity index is 536. The maximum absolute atomic E-state index is 11.7. The molecule has 19 heavy (non-hydrogen) atoms. The van der Waals surface area contributed by atoms with Gasteiger partial charge >= 0.3 is 0 Å². The first-order chi connectivity index (χ1) is 8.70. The van der Waals surface area contributed by atoms with E-state index in [0.29, 0.717) is 11.6 Å². The molecular formula is C11H19N3O4S. The predicted octanol–water partition coefficient (Wildman–Crippen LogP) is 0.982. The van der Waals surface area contributed by atoms with Gasteiger partial charge in [-0.25, -0.2) is 8.42 Å². The summed E-state index contributed by atoms with van der Waals surface area (Å²) < 4.78 is 29.1. The predicted molar refractivity (Wildman–Crippen MR) is 71.2 cm³/mol. The molecule has 0 aliphatic rings. The second kappa shape index (κ2) is 6.16. The lowest BCUT2D eigenvalue weighted by molar-refractivity contribution is -0.116. The van der Waals surface area contributed by atoms with Crippen LogP contribution in [0.3, 0.4) is 0 Å². The first-order valence-corrected chi connectivity index (χ1v) is 7.75. The zero-order valence-corrected chi connectivity index (χ0v) is 12.3. The average Bonchev–Trinajstić information content (AvgIpc) is 2.61. The van der Waals surface area contributed by atoms with Crippen LogP contribution < -0.4 is 5.32 Å². The number of aryl methyl sites for hydroxylation is 1. The topological polar surface area (TPSA) is 92.5 Å². The van der Waals surface area contributed by atoms with Crippen molar-refractivity contribution >= 4 is 21.7 Å². The zero-order chi connectivity index (χ0) is 14.6. The number of rotatable bonds is 6. The van der Waals surface area contributed by atoms with Gasteiger partial charge < -0.3 is 9.84 Å². The van der Waals surface area contributed by atoms with Crippen LogP contribution in [0.1, 0.15) is 26.0 Å². The fraction of sp³-hybridized carbons (Fsp3) is 0.636. The highest BCUT2D eigenvalue weighted by molar-refractivity contribution is 7.88. The number of amides is 1. The molecule has 0 saturated carbocycles. The van der Waals surface area contributed by atoms with Gasteiger partial charge in [-0.2, -0.15) is 4.31 Å². The molecule has 0 unspecified atom stereocenters. The van der Waals surface area contributed by atoms with Gasteiger partial charge in [0.1, 0.15) is 5.76 Å². The second-order valence-electron chi connectivity index (χ2n) is 4.59. The number of sulfonamides is 1. The summed E-state index contributed by atoms with van der Waals surface area (Å²) in [6, 6.07) is 1.41. The van der Waals surface area contributed by atoms with Gasteiger partial charge in [0.2, 0.25) is 15.9 Å². The third-order valence-corrected chi connectivity index (χ3v) is 3.91. The smallest absolute Gasteiger partial charge is 0.226 e. The first kappa shape index (κ1) is 15.6. The molecule has 7 nitrogen and oxygen atoms in total. The lowest BCUT2D eigenvalue weighted by atomic mass is 10.3. The minimum atomic E-state index is -3.31. The van der Waals surface area contributed by atoms with Gasteiger partial charge in [0.25, 0.3) is 0 Å². The third-order valence-electron chi connectivity index (χ3n) is 2.46. The fourth-order valence-electron chi connectivity index (χ4n) is 1.65. The Morgan fingerprint density at radius 3 is 2.58 bits per heavy atom. The number of carbonyl (C=O) groups is 1. The van der Waals surface area contributed by atoms with Crippen LogP contribution in [-0.2, 0) is 14.8 Å². The Balaban J connectivity index is 2.53. The molecule has 108 valence electrons. The van der Waals surface area contributed by atoms with Crippen LogP contribution in [0.2, 0.25) is 0 Å². The molecule has 0 fully saturated rings. The first-order valence-electron chi connectivity index (χ1n) is 5.90. The van der Waals surface area contributed by atoms with E-state index in [2.05, 4.69) is 10.5 Å². The van der Waals surface area contributed by atoms with Crippen molar-refractivity contribution in [1.82, 2.24) is 9.46 Å². The quantitative estimate of drug-likeness (QED) is 0.842. The Labute approximate surface area is 113 Å². The van der Waals surface area contributed by atoms with Crippen LogP contribution >= 0.6 is 0 Å². The monoisotopic (exact) mass is 289 g/mol. The summed E-state index contributed by atoms with van der Waals surface area (Å²) >= 11 is 0. The van der Waals surface area contributed by atoms with E-state index in [1.165, 1.54) is 4.31 Å². The van der Waals surface area contributed by atoms with Gasteiger partial charge in [0, 0.05) is 25.1 Å². The summed E-state index contributed by atoms with van der Waals surface area (Å²) in [6.07, 6.45) is 1.20. The van der Waals surface area contributed by atoms with Crippen molar-refractivity contribution in [2.45, 2.75) is 33.2 Å². The van der Waals surface area contributed by atoms with Gasteiger partial charge in [-0.1, -0.05) is 5.16 Å². The summed E-state index contributed by atoms with van der Waals surface area (Å²) in [5.74, 6) is 0.621. The molecule has 8 heteroatoms.